The van der Waals surface area contributed by atoms with E-state index in [0.717, 1.165) is 24.2 Å². The van der Waals surface area contributed by atoms with Crippen molar-refractivity contribution in [2.45, 2.75) is 18.8 Å². The minimum absolute atomic E-state index is 0.00255. The van der Waals surface area contributed by atoms with Gasteiger partial charge in [0.2, 0.25) is 0 Å². The first-order valence-corrected chi connectivity index (χ1v) is 11.1. The standard InChI is InChI=1S/C25H26N6O2/c1-29(2)19-12-10-17(11-13-19)25(33)30-14-6-7-18(16-30)22-27-23-21(24(32)28-22)15-26-31(23)20-8-4-3-5-9-20/h3-5,8-13,15,18H,6-7,14,16H2,1-2H3,(H,27,28,32). The fourth-order valence-corrected chi connectivity index (χ4v) is 4.36. The van der Waals surface area contributed by atoms with Crippen molar-refractivity contribution in [2.24, 2.45) is 0 Å². The molecule has 0 saturated carbocycles. The average Bonchev–Trinajstić information content (AvgIpc) is 3.29. The molecule has 2 aromatic carbocycles. The second-order valence-electron chi connectivity index (χ2n) is 8.61. The van der Waals surface area contributed by atoms with E-state index in [-0.39, 0.29) is 17.4 Å². The zero-order chi connectivity index (χ0) is 22.9. The van der Waals surface area contributed by atoms with Gasteiger partial charge in [-0.1, -0.05) is 18.2 Å². The van der Waals surface area contributed by atoms with E-state index in [9.17, 15) is 9.59 Å². The minimum Gasteiger partial charge on any atom is -0.378 e. The molecule has 1 saturated heterocycles. The third-order valence-corrected chi connectivity index (χ3v) is 6.18. The highest BCUT2D eigenvalue weighted by atomic mass is 16.2. The number of H-pyrrole nitrogens is 1. The largest absolute Gasteiger partial charge is 0.378 e. The smallest absolute Gasteiger partial charge is 0.262 e. The monoisotopic (exact) mass is 442 g/mol. The Hall–Kier alpha value is -3.94. The number of hydrogen-bond acceptors (Lipinski definition) is 5. The highest BCUT2D eigenvalue weighted by Crippen LogP contribution is 2.26. The molecule has 1 unspecified atom stereocenters. The summed E-state index contributed by atoms with van der Waals surface area (Å²) in [6.45, 7) is 1.21. The van der Waals surface area contributed by atoms with Gasteiger partial charge in [0.15, 0.2) is 5.65 Å². The molecule has 0 spiro atoms. The summed E-state index contributed by atoms with van der Waals surface area (Å²) >= 11 is 0. The van der Waals surface area contributed by atoms with Gasteiger partial charge in [0.05, 0.1) is 11.9 Å². The lowest BCUT2D eigenvalue weighted by Crippen LogP contribution is -2.40. The number of anilines is 1. The number of nitrogens with zero attached hydrogens (tertiary/aromatic N) is 5. The van der Waals surface area contributed by atoms with Crippen molar-refractivity contribution in [3.8, 4) is 5.69 Å². The maximum Gasteiger partial charge on any atom is 0.262 e. The SMILES string of the molecule is CN(C)c1ccc(C(=O)N2CCCC(c3nc4c(cnn4-c4ccccc4)c(=O)[nH]3)C2)cc1. The summed E-state index contributed by atoms with van der Waals surface area (Å²) < 4.78 is 1.69. The van der Waals surface area contributed by atoms with Crippen LogP contribution < -0.4 is 10.5 Å². The zero-order valence-corrected chi connectivity index (χ0v) is 18.7. The Balaban J connectivity index is 1.43. The van der Waals surface area contributed by atoms with Crippen LogP contribution in [0.25, 0.3) is 16.7 Å². The average molecular weight is 443 g/mol. The fourth-order valence-electron chi connectivity index (χ4n) is 4.36. The number of para-hydroxylation sites is 1. The molecule has 1 N–H and O–H groups in total. The molecule has 33 heavy (non-hydrogen) atoms. The van der Waals surface area contributed by atoms with Crippen LogP contribution in [0.1, 0.15) is 34.9 Å². The van der Waals surface area contributed by atoms with E-state index in [2.05, 4.69) is 10.1 Å². The number of fused-ring (bicyclic) bond motifs is 1. The predicted molar refractivity (Wildman–Crippen MR) is 128 cm³/mol. The molecule has 3 heterocycles. The molecule has 1 aliphatic heterocycles. The van der Waals surface area contributed by atoms with Gasteiger partial charge < -0.3 is 14.8 Å². The van der Waals surface area contributed by atoms with Crippen molar-refractivity contribution in [2.75, 3.05) is 32.1 Å². The molecule has 1 amide bonds. The van der Waals surface area contributed by atoms with Gasteiger partial charge in [0, 0.05) is 44.4 Å². The molecule has 1 aliphatic rings. The number of piperidine rings is 1. The molecule has 4 aromatic rings. The summed E-state index contributed by atoms with van der Waals surface area (Å²) in [5.74, 6) is 0.563. The van der Waals surface area contributed by atoms with Gasteiger partial charge in [-0.2, -0.15) is 5.10 Å². The molecule has 8 nitrogen and oxygen atoms in total. The Morgan fingerprint density at radius 3 is 2.58 bits per heavy atom. The molecule has 168 valence electrons. The topological polar surface area (TPSA) is 87.1 Å². The van der Waals surface area contributed by atoms with Gasteiger partial charge in [-0.3, -0.25) is 9.59 Å². The summed E-state index contributed by atoms with van der Waals surface area (Å²) in [4.78, 5) is 37.5. The molecule has 5 rings (SSSR count). The number of carbonyl (C=O) groups excluding carboxylic acids is 1. The van der Waals surface area contributed by atoms with E-state index < -0.39 is 0 Å². The Labute approximate surface area is 191 Å². The lowest BCUT2D eigenvalue weighted by Gasteiger charge is -2.32. The number of hydrogen-bond donors (Lipinski definition) is 1. The maximum atomic E-state index is 13.1. The van der Waals surface area contributed by atoms with E-state index in [1.807, 2.05) is 78.5 Å². The van der Waals surface area contributed by atoms with Gasteiger partial charge in [-0.05, 0) is 49.2 Å². The Bertz CT molecular complexity index is 1340. The van der Waals surface area contributed by atoms with Gasteiger partial charge in [-0.15, -0.1) is 0 Å². The van der Waals surface area contributed by atoms with E-state index in [4.69, 9.17) is 4.98 Å². The molecule has 1 fully saturated rings. The highest BCUT2D eigenvalue weighted by Gasteiger charge is 2.28. The highest BCUT2D eigenvalue weighted by molar-refractivity contribution is 5.94. The lowest BCUT2D eigenvalue weighted by atomic mass is 9.96. The summed E-state index contributed by atoms with van der Waals surface area (Å²) in [7, 11) is 3.95. The molecule has 8 heteroatoms. The number of carbonyl (C=O) groups is 1. The number of nitrogens with one attached hydrogen (secondary N) is 1. The molecular weight excluding hydrogens is 416 g/mol. The predicted octanol–water partition coefficient (Wildman–Crippen LogP) is 3.19. The van der Waals surface area contributed by atoms with Crippen molar-refractivity contribution in [3.05, 3.63) is 82.5 Å². The fraction of sp³-hybridized carbons (Fsp3) is 0.280. The first-order chi connectivity index (χ1) is 16.0. The minimum atomic E-state index is -0.208. The van der Waals surface area contributed by atoms with Crippen LogP contribution in [0.5, 0.6) is 0 Å². The molecular formula is C25H26N6O2. The summed E-state index contributed by atoms with van der Waals surface area (Å²) in [5.41, 5.74) is 2.88. The number of amides is 1. The number of rotatable bonds is 4. The van der Waals surface area contributed by atoms with Gasteiger partial charge in [0.25, 0.3) is 11.5 Å². The van der Waals surface area contributed by atoms with Crippen molar-refractivity contribution >= 4 is 22.6 Å². The van der Waals surface area contributed by atoms with Crippen LogP contribution in [0.2, 0.25) is 0 Å². The molecule has 0 bridgehead atoms. The number of aromatic amines is 1. The van der Waals surface area contributed by atoms with Crippen molar-refractivity contribution in [1.82, 2.24) is 24.6 Å². The summed E-state index contributed by atoms with van der Waals surface area (Å²) in [5, 5.41) is 4.83. The van der Waals surface area contributed by atoms with Crippen molar-refractivity contribution in [1.29, 1.82) is 0 Å². The number of benzene rings is 2. The molecule has 2 aromatic heterocycles. The Morgan fingerprint density at radius 1 is 1.09 bits per heavy atom. The Kier molecular flexibility index (Phi) is 5.42. The van der Waals surface area contributed by atoms with Crippen molar-refractivity contribution in [3.63, 3.8) is 0 Å². The van der Waals surface area contributed by atoms with E-state index in [0.29, 0.717) is 35.5 Å². The molecule has 0 radical (unpaired) electrons. The van der Waals surface area contributed by atoms with Gasteiger partial charge in [0.1, 0.15) is 11.2 Å². The van der Waals surface area contributed by atoms with E-state index in [1.54, 1.807) is 10.9 Å². The first-order valence-electron chi connectivity index (χ1n) is 11.1. The van der Waals surface area contributed by atoms with Crippen LogP contribution in [0.3, 0.4) is 0 Å². The van der Waals surface area contributed by atoms with Gasteiger partial charge in [-0.25, -0.2) is 9.67 Å². The maximum absolute atomic E-state index is 13.1. The third kappa shape index (κ3) is 4.00. The quantitative estimate of drug-likeness (QED) is 0.525. The van der Waals surface area contributed by atoms with Crippen LogP contribution in [0.4, 0.5) is 5.69 Å². The van der Waals surface area contributed by atoms with Crippen molar-refractivity contribution < 1.29 is 4.79 Å². The lowest BCUT2D eigenvalue weighted by molar-refractivity contribution is 0.0704. The van der Waals surface area contributed by atoms with E-state index >= 15 is 0 Å². The summed E-state index contributed by atoms with van der Waals surface area (Å²) in [6, 6.07) is 17.3. The third-order valence-electron chi connectivity index (χ3n) is 6.18. The van der Waals surface area contributed by atoms with Crippen LogP contribution in [0.15, 0.2) is 65.6 Å². The number of aromatic nitrogens is 4. The molecule has 1 atom stereocenters. The summed E-state index contributed by atoms with van der Waals surface area (Å²) in [6.07, 6.45) is 3.26. The normalized spacial score (nSPS) is 16.2. The van der Waals surface area contributed by atoms with Crippen LogP contribution >= 0.6 is 0 Å². The van der Waals surface area contributed by atoms with Crippen LogP contribution in [-0.2, 0) is 0 Å². The van der Waals surface area contributed by atoms with Crippen LogP contribution in [0, 0.1) is 0 Å². The van der Waals surface area contributed by atoms with Gasteiger partial charge >= 0.3 is 0 Å². The molecule has 0 aliphatic carbocycles. The van der Waals surface area contributed by atoms with E-state index in [1.165, 1.54) is 0 Å². The second-order valence-corrected chi connectivity index (χ2v) is 8.61. The van der Waals surface area contributed by atoms with Crippen LogP contribution in [-0.4, -0.2) is 57.7 Å². The number of likely N-dealkylation sites (tertiary alicyclic amines) is 1. The second kappa shape index (κ2) is 8.54. The first kappa shape index (κ1) is 20.9. The zero-order valence-electron chi connectivity index (χ0n) is 18.7. The Morgan fingerprint density at radius 2 is 1.85 bits per heavy atom.